The van der Waals surface area contributed by atoms with Crippen LogP contribution >= 0.6 is 0 Å². The molecule has 106 valence electrons. The molecule has 0 saturated heterocycles. The molecule has 0 radical (unpaired) electrons. The van der Waals surface area contributed by atoms with Crippen LogP contribution in [-0.4, -0.2) is 37.7 Å². The Balaban J connectivity index is 2.08. The summed E-state index contributed by atoms with van der Waals surface area (Å²) in [7, 11) is 1.68. The largest absolute Gasteiger partial charge is 0.508 e. The van der Waals surface area contributed by atoms with Crippen molar-refractivity contribution in [3.05, 3.63) is 36.2 Å². The van der Waals surface area contributed by atoms with Crippen LogP contribution in [0.5, 0.6) is 5.75 Å². The normalized spacial score (nSPS) is 12.1. The zero-order chi connectivity index (χ0) is 14.7. The molecule has 1 atom stereocenters. The lowest BCUT2D eigenvalue weighted by Gasteiger charge is -2.25. The van der Waals surface area contributed by atoms with Gasteiger partial charge in [-0.1, -0.05) is 18.2 Å². The number of amides is 1. The number of hydrogen-bond acceptors (Lipinski definition) is 5. The van der Waals surface area contributed by atoms with Gasteiger partial charge in [0.2, 0.25) is 11.9 Å². The van der Waals surface area contributed by atoms with Gasteiger partial charge in [-0.3, -0.25) is 4.79 Å². The summed E-state index contributed by atoms with van der Waals surface area (Å²) < 4.78 is 1.38. The van der Waals surface area contributed by atoms with Gasteiger partial charge in [0.15, 0.2) is 0 Å². The van der Waals surface area contributed by atoms with E-state index in [-0.39, 0.29) is 30.2 Å². The van der Waals surface area contributed by atoms with Crippen molar-refractivity contribution in [2.75, 3.05) is 12.8 Å². The minimum Gasteiger partial charge on any atom is -0.508 e. The van der Waals surface area contributed by atoms with Gasteiger partial charge in [0.25, 0.3) is 0 Å². The van der Waals surface area contributed by atoms with Crippen LogP contribution in [0.2, 0.25) is 0 Å². The number of rotatable bonds is 4. The van der Waals surface area contributed by atoms with Crippen molar-refractivity contribution >= 4 is 11.9 Å². The lowest BCUT2D eigenvalue weighted by molar-refractivity contribution is -0.132. The Hall–Kier alpha value is -2.57. The Morgan fingerprint density at radius 3 is 2.80 bits per heavy atom. The Bertz CT molecular complexity index is 610. The average Bonchev–Trinajstić information content (AvgIpc) is 2.83. The average molecular weight is 275 g/mol. The number of carbonyl (C=O) groups excluding carboxylic acids is 1. The summed E-state index contributed by atoms with van der Waals surface area (Å²) in [5.74, 6) is 0.157. The maximum absolute atomic E-state index is 12.2. The van der Waals surface area contributed by atoms with E-state index in [0.717, 1.165) is 0 Å². The van der Waals surface area contributed by atoms with Crippen LogP contribution < -0.4 is 5.73 Å². The van der Waals surface area contributed by atoms with E-state index >= 15 is 0 Å². The maximum atomic E-state index is 12.2. The van der Waals surface area contributed by atoms with Gasteiger partial charge in [0.1, 0.15) is 18.6 Å². The van der Waals surface area contributed by atoms with Crippen molar-refractivity contribution in [3.63, 3.8) is 0 Å². The number of anilines is 1. The molecule has 0 aliphatic carbocycles. The number of para-hydroxylation sites is 1. The van der Waals surface area contributed by atoms with Crippen LogP contribution in [0, 0.1) is 0 Å². The van der Waals surface area contributed by atoms with Gasteiger partial charge >= 0.3 is 0 Å². The third kappa shape index (κ3) is 2.87. The van der Waals surface area contributed by atoms with Gasteiger partial charge in [-0.15, -0.1) is 5.10 Å². The van der Waals surface area contributed by atoms with Crippen LogP contribution in [0.15, 0.2) is 30.6 Å². The molecule has 0 fully saturated rings. The van der Waals surface area contributed by atoms with E-state index in [1.807, 2.05) is 13.0 Å². The number of hydrogen-bond donors (Lipinski definition) is 2. The van der Waals surface area contributed by atoms with Crippen LogP contribution in [0.3, 0.4) is 0 Å². The molecule has 0 spiro atoms. The van der Waals surface area contributed by atoms with Gasteiger partial charge < -0.3 is 15.7 Å². The maximum Gasteiger partial charge on any atom is 0.244 e. The number of nitrogen functional groups attached to an aromatic ring is 1. The number of carbonyl (C=O) groups is 1. The monoisotopic (exact) mass is 275 g/mol. The zero-order valence-electron chi connectivity index (χ0n) is 11.4. The van der Waals surface area contributed by atoms with Gasteiger partial charge in [0, 0.05) is 12.6 Å². The van der Waals surface area contributed by atoms with Crippen molar-refractivity contribution in [3.8, 4) is 5.75 Å². The molecule has 1 unspecified atom stereocenters. The van der Waals surface area contributed by atoms with Gasteiger partial charge in [-0.25, -0.2) is 9.67 Å². The molecule has 1 aromatic carbocycles. The topological polar surface area (TPSA) is 97.3 Å². The fourth-order valence-corrected chi connectivity index (χ4v) is 1.90. The molecule has 3 N–H and O–H groups in total. The van der Waals surface area contributed by atoms with Gasteiger partial charge in [-0.05, 0) is 13.0 Å². The number of aromatic nitrogens is 3. The van der Waals surface area contributed by atoms with E-state index < -0.39 is 0 Å². The lowest BCUT2D eigenvalue weighted by atomic mass is 10.1. The van der Waals surface area contributed by atoms with Crippen LogP contribution in [0.25, 0.3) is 0 Å². The zero-order valence-corrected chi connectivity index (χ0v) is 11.4. The van der Waals surface area contributed by atoms with E-state index in [2.05, 4.69) is 10.1 Å². The Morgan fingerprint density at radius 2 is 2.20 bits per heavy atom. The number of phenolic OH excluding ortho intramolecular Hbond substituents is 1. The van der Waals surface area contributed by atoms with Crippen molar-refractivity contribution in [1.82, 2.24) is 19.7 Å². The molecule has 1 heterocycles. The molecule has 20 heavy (non-hydrogen) atoms. The third-order valence-electron chi connectivity index (χ3n) is 3.21. The van der Waals surface area contributed by atoms with E-state index in [0.29, 0.717) is 5.56 Å². The highest BCUT2D eigenvalue weighted by atomic mass is 16.3. The first-order valence-electron chi connectivity index (χ1n) is 6.17. The summed E-state index contributed by atoms with van der Waals surface area (Å²) in [6.45, 7) is 1.90. The minimum absolute atomic E-state index is 0.0542. The number of aromatic hydroxyl groups is 1. The van der Waals surface area contributed by atoms with Crippen LogP contribution in [0.1, 0.15) is 18.5 Å². The molecule has 7 heteroatoms. The second-order valence-electron chi connectivity index (χ2n) is 4.54. The van der Waals surface area contributed by atoms with E-state index in [9.17, 15) is 9.90 Å². The van der Waals surface area contributed by atoms with E-state index in [4.69, 9.17) is 5.73 Å². The summed E-state index contributed by atoms with van der Waals surface area (Å²) in [4.78, 5) is 17.5. The molecule has 0 aliphatic rings. The van der Waals surface area contributed by atoms with Crippen LogP contribution in [0.4, 0.5) is 5.95 Å². The molecule has 7 nitrogen and oxygen atoms in total. The number of nitrogens with two attached hydrogens (primary N) is 1. The predicted molar refractivity (Wildman–Crippen MR) is 73.7 cm³/mol. The SMILES string of the molecule is CC(c1ccccc1O)N(C)C(=O)Cn1cnc(N)n1. The fraction of sp³-hybridized carbons (Fsp3) is 0.308. The number of phenols is 1. The van der Waals surface area contributed by atoms with Crippen molar-refractivity contribution < 1.29 is 9.90 Å². The smallest absolute Gasteiger partial charge is 0.244 e. The molecule has 0 aliphatic heterocycles. The first kappa shape index (κ1) is 13.9. The number of nitrogens with zero attached hydrogens (tertiary/aromatic N) is 4. The highest BCUT2D eigenvalue weighted by molar-refractivity contribution is 5.76. The summed E-state index contributed by atoms with van der Waals surface area (Å²) in [5.41, 5.74) is 6.10. The number of benzene rings is 1. The van der Waals surface area contributed by atoms with Crippen LogP contribution in [-0.2, 0) is 11.3 Å². The van der Waals surface area contributed by atoms with E-state index in [1.54, 1.807) is 30.1 Å². The quantitative estimate of drug-likeness (QED) is 0.859. The first-order valence-corrected chi connectivity index (χ1v) is 6.17. The number of likely N-dealkylation sites (N-methyl/N-ethyl adjacent to an activating group) is 1. The van der Waals surface area contributed by atoms with Gasteiger partial charge in [-0.2, -0.15) is 0 Å². The lowest BCUT2D eigenvalue weighted by Crippen LogP contribution is -2.32. The first-order chi connectivity index (χ1) is 9.49. The standard InChI is InChI=1S/C13H17N5O2/c1-9(10-5-3-4-6-11(10)19)17(2)12(20)7-18-8-15-13(14)16-18/h3-6,8-9,19H,7H2,1-2H3,(H2,14,16). The van der Waals surface area contributed by atoms with Gasteiger partial charge in [0.05, 0.1) is 6.04 Å². The third-order valence-corrected chi connectivity index (χ3v) is 3.21. The second kappa shape index (κ2) is 5.60. The second-order valence-corrected chi connectivity index (χ2v) is 4.54. The molecule has 1 aromatic heterocycles. The van der Waals surface area contributed by atoms with Crippen molar-refractivity contribution in [2.45, 2.75) is 19.5 Å². The fourth-order valence-electron chi connectivity index (χ4n) is 1.90. The molecule has 1 amide bonds. The summed E-state index contributed by atoms with van der Waals surface area (Å²) >= 11 is 0. The van der Waals surface area contributed by atoms with Crippen molar-refractivity contribution in [2.24, 2.45) is 0 Å². The predicted octanol–water partition coefficient (Wildman–Crippen LogP) is 0.786. The Labute approximate surface area is 116 Å². The Kier molecular flexibility index (Phi) is 3.88. The minimum atomic E-state index is -0.246. The molecule has 2 rings (SSSR count). The molecular weight excluding hydrogens is 258 g/mol. The molecule has 2 aromatic rings. The molecular formula is C13H17N5O2. The summed E-state index contributed by atoms with van der Waals surface area (Å²) in [5, 5.41) is 13.7. The molecule has 0 saturated carbocycles. The highest BCUT2D eigenvalue weighted by Gasteiger charge is 2.20. The Morgan fingerprint density at radius 1 is 1.50 bits per heavy atom. The highest BCUT2D eigenvalue weighted by Crippen LogP contribution is 2.27. The summed E-state index contributed by atoms with van der Waals surface area (Å²) in [6, 6.07) is 6.71. The van der Waals surface area contributed by atoms with Crippen molar-refractivity contribution in [1.29, 1.82) is 0 Å². The summed E-state index contributed by atoms with van der Waals surface area (Å²) in [6.07, 6.45) is 1.41. The van der Waals surface area contributed by atoms with E-state index in [1.165, 1.54) is 11.0 Å². The molecule has 0 bridgehead atoms.